The quantitative estimate of drug-likeness (QED) is 0.0153. The Kier molecular flexibility index (Phi) is 63.1. The van der Waals surface area contributed by atoms with Gasteiger partial charge in [0.1, 0.15) is 0 Å². The van der Waals surface area contributed by atoms with Crippen LogP contribution in [-0.4, -0.2) is 506 Å². The summed E-state index contributed by atoms with van der Waals surface area (Å²) in [5, 5.41) is 59.6. The molecule has 54 nitrogen and oxygen atoms in total. The van der Waals surface area contributed by atoms with Gasteiger partial charge in [-0.3, -0.25) is 62.8 Å². The molecule has 8 aliphatic heterocycles. The Balaban J connectivity index is 0.931. The SMILES string of the molecule is O=C(CCN(CCNC(=O)CCN(CCC(=O)NCCN(CCC(=O)NCCNB1OCCO1)CCC(=O)NCCNB1OCCO1)CCN(CCC(=O)NCCN(CCC(=O)NCCNB1OCCO1)CCC(=O)NCCNB1OCCO1)CCC(=O)NCCN(CCC(=O)NCCNB1OCCO1)CCC(=O)NCNB1OCCO1)CCC(=O)NCCNB1OCCO1)NCCNB1OCCO1. The summed E-state index contributed by atoms with van der Waals surface area (Å²) in [6, 6.07) is 0. The number of nitrogens with one attached hydrogen (secondary N) is 20. The van der Waals surface area contributed by atoms with Crippen LogP contribution in [0.5, 0.6) is 0 Å². The number of carbonyl (C=O) groups excluding carboxylic acids is 12. The van der Waals surface area contributed by atoms with Crippen LogP contribution in [-0.2, 0) is 132 Å². The second kappa shape index (κ2) is 74.8. The molecule has 0 spiro atoms. The fourth-order valence-corrected chi connectivity index (χ4v) is 14.7. The number of rotatable bonds is 82. The van der Waals surface area contributed by atoms with Gasteiger partial charge in [-0.25, -0.2) is 0 Å². The molecular formula is C77H150B8N26O28. The van der Waals surface area contributed by atoms with Gasteiger partial charge in [-0.15, -0.1) is 0 Å². The van der Waals surface area contributed by atoms with Gasteiger partial charge in [-0.1, -0.05) is 0 Å². The van der Waals surface area contributed by atoms with Gasteiger partial charge in [0, 0.05) is 313 Å². The molecule has 0 aromatic carbocycles. The highest BCUT2D eigenvalue weighted by atomic mass is 16.7. The van der Waals surface area contributed by atoms with E-state index < -0.39 is 58.0 Å². The van der Waals surface area contributed by atoms with Crippen molar-refractivity contribution in [2.45, 2.75) is 77.0 Å². The van der Waals surface area contributed by atoms with E-state index in [-0.39, 0.29) is 299 Å². The van der Waals surface area contributed by atoms with E-state index in [2.05, 4.69) is 106 Å². The summed E-state index contributed by atoms with van der Waals surface area (Å²) in [4.78, 5) is 174. The van der Waals surface area contributed by atoms with Crippen molar-refractivity contribution in [3.05, 3.63) is 0 Å². The lowest BCUT2D eigenvalue weighted by atomic mass is 10.1. The summed E-state index contributed by atoms with van der Waals surface area (Å²) in [5.41, 5.74) is 0. The minimum absolute atomic E-state index is 0.0408. The lowest BCUT2D eigenvalue weighted by Gasteiger charge is -2.28. The third-order valence-corrected chi connectivity index (χ3v) is 22.4. The van der Waals surface area contributed by atoms with Gasteiger partial charge in [-0.05, 0) is 0 Å². The van der Waals surface area contributed by atoms with Crippen LogP contribution >= 0.6 is 0 Å². The van der Waals surface area contributed by atoms with Crippen molar-refractivity contribution >= 4 is 129 Å². The number of hydrogen-bond acceptors (Lipinski definition) is 42. The van der Waals surface area contributed by atoms with Gasteiger partial charge in [0.15, 0.2) is 0 Å². The largest absolute Gasteiger partial charge is 0.556 e. The number of nitrogens with zero attached hydrogens (tertiary/aromatic N) is 6. The number of hydrogen-bond donors (Lipinski definition) is 20. The molecule has 0 aromatic rings. The Bertz CT molecular complexity index is 3100. The van der Waals surface area contributed by atoms with E-state index in [4.69, 9.17) is 74.5 Å². The smallest absolute Gasteiger partial charge is 0.395 e. The van der Waals surface area contributed by atoms with E-state index in [1.165, 1.54) is 0 Å². The first-order valence-electron chi connectivity index (χ1n) is 49.2. The van der Waals surface area contributed by atoms with Gasteiger partial charge in [0.05, 0.1) is 112 Å². The molecule has 0 atom stereocenters. The molecule has 20 N–H and O–H groups in total. The summed E-state index contributed by atoms with van der Waals surface area (Å²) in [6.45, 7) is 17.1. The fraction of sp³-hybridized carbons (Fsp3) is 0.844. The highest BCUT2D eigenvalue weighted by Gasteiger charge is 2.32. The van der Waals surface area contributed by atoms with Crippen LogP contribution in [0.25, 0.3) is 0 Å². The molecule has 8 saturated heterocycles. The molecule has 0 aromatic heterocycles. The molecule has 8 heterocycles. The van der Waals surface area contributed by atoms with Crippen molar-refractivity contribution in [2.75, 3.05) is 348 Å². The van der Waals surface area contributed by atoms with Crippen LogP contribution in [0.4, 0.5) is 0 Å². The zero-order valence-electron chi connectivity index (χ0n) is 80.7. The third-order valence-electron chi connectivity index (χ3n) is 22.4. The molecule has 780 valence electrons. The van der Waals surface area contributed by atoms with E-state index in [1.807, 2.05) is 29.4 Å². The Hall–Kier alpha value is -7.04. The topological polar surface area (TPSA) is 613 Å². The van der Waals surface area contributed by atoms with Gasteiger partial charge in [0.25, 0.3) is 0 Å². The summed E-state index contributed by atoms with van der Waals surface area (Å²) < 4.78 is 86.9. The Morgan fingerprint density at radius 1 is 0.144 bits per heavy atom. The van der Waals surface area contributed by atoms with Crippen molar-refractivity contribution in [1.82, 2.24) is 135 Å². The van der Waals surface area contributed by atoms with Gasteiger partial charge in [0.2, 0.25) is 70.9 Å². The van der Waals surface area contributed by atoms with Gasteiger partial charge in [-0.2, -0.15) is 0 Å². The monoisotopic (exact) mass is 1980 g/mol. The molecule has 0 unspecified atom stereocenters. The highest BCUT2D eigenvalue weighted by molar-refractivity contribution is 6.44. The van der Waals surface area contributed by atoms with E-state index in [1.54, 1.807) is 0 Å². The molecular weight excluding hydrogens is 1820 g/mol. The van der Waals surface area contributed by atoms with Crippen LogP contribution in [0.15, 0.2) is 0 Å². The summed E-state index contributed by atoms with van der Waals surface area (Å²) >= 11 is 0. The maximum absolute atomic E-state index is 14.2. The first-order valence-corrected chi connectivity index (χ1v) is 49.2. The first kappa shape index (κ1) is 117. The molecule has 8 rings (SSSR count). The van der Waals surface area contributed by atoms with Crippen molar-refractivity contribution in [1.29, 1.82) is 0 Å². The molecule has 0 radical (unpaired) electrons. The van der Waals surface area contributed by atoms with Gasteiger partial charge < -0.3 is 204 Å². The molecule has 62 heteroatoms. The van der Waals surface area contributed by atoms with Crippen molar-refractivity contribution in [3.63, 3.8) is 0 Å². The van der Waals surface area contributed by atoms with E-state index in [0.717, 1.165) is 0 Å². The average Bonchev–Trinajstić information content (AvgIpc) is 1.08. The lowest BCUT2D eigenvalue weighted by molar-refractivity contribution is -0.123. The lowest BCUT2D eigenvalue weighted by Crippen LogP contribution is -2.45. The van der Waals surface area contributed by atoms with Gasteiger partial charge >= 0.3 is 58.0 Å². The molecule has 12 amide bonds. The van der Waals surface area contributed by atoms with E-state index >= 15 is 0 Å². The number of amides is 12. The molecule has 0 aliphatic carbocycles. The average molecular weight is 1970 g/mol. The molecule has 8 aliphatic rings. The van der Waals surface area contributed by atoms with Crippen LogP contribution in [0.3, 0.4) is 0 Å². The fourth-order valence-electron chi connectivity index (χ4n) is 14.7. The maximum Gasteiger partial charge on any atom is 0.556 e. The zero-order chi connectivity index (χ0) is 98.4. The van der Waals surface area contributed by atoms with Crippen LogP contribution in [0, 0.1) is 0 Å². The normalized spacial score (nSPS) is 16.1. The summed E-state index contributed by atoms with van der Waals surface area (Å²) in [6.07, 6.45) is 0.554. The minimum Gasteiger partial charge on any atom is -0.395 e. The molecule has 8 fully saturated rings. The highest BCUT2D eigenvalue weighted by Crippen LogP contribution is 2.08. The van der Waals surface area contributed by atoms with Crippen molar-refractivity contribution in [3.8, 4) is 0 Å². The second-order valence-corrected chi connectivity index (χ2v) is 33.1. The first-order chi connectivity index (χ1) is 67.9. The minimum atomic E-state index is -0.646. The van der Waals surface area contributed by atoms with Crippen LogP contribution in [0.1, 0.15) is 77.0 Å². The predicted molar refractivity (Wildman–Crippen MR) is 511 cm³/mol. The van der Waals surface area contributed by atoms with E-state index in [9.17, 15) is 57.5 Å². The third kappa shape index (κ3) is 58.5. The molecule has 0 saturated carbocycles. The molecule has 139 heavy (non-hydrogen) atoms. The molecule has 0 bridgehead atoms. The standard InChI is InChI=1S/C77H150B8N26O28/c112-66(86-13-20-98-78-124-49-50-125-78)1-31-106(32-2-67(113)87-14-21-99-79-126-51-52-127-79)43-27-93-73(119)8-39-110(40-9-74(120)94-28-44-107(33-3-68(114)88-15-22-100-80-128-53-54-129-80)34-4-69(115)89-16-23-101-81-130-55-56-131-81)47-48-111(42-11-76(122)96-30-46-109(38-12-77(123)97-65-105-85-138-63-64-139-85)37-7-72(118)92-19-26-104-84-136-61-62-137-84)41-10-75(121)95-29-45-108(35-5-70(116)90-17-24-102-82-132-57-58-133-82)36-6-71(117)91-18-25-103-83-134-59-60-135-83/h98-105H,1-65H2,(H,86,112)(H,87,113)(H,88,114)(H,89,115)(H,90,116)(H,91,117)(H,92,118)(H,93,119)(H,94,120)(H,95,121)(H,96,122)(H,97,123). The maximum atomic E-state index is 14.2. The van der Waals surface area contributed by atoms with Crippen LogP contribution < -0.4 is 106 Å². The second-order valence-electron chi connectivity index (χ2n) is 33.1. The van der Waals surface area contributed by atoms with Crippen LogP contribution in [0.2, 0.25) is 0 Å². The summed E-state index contributed by atoms with van der Waals surface area (Å²) in [5.74, 6) is -3.16. The Morgan fingerprint density at radius 2 is 0.266 bits per heavy atom. The number of carbonyl (C=O) groups is 12. The predicted octanol–water partition coefficient (Wildman–Crippen LogP) is -14.2. The van der Waals surface area contributed by atoms with Crippen molar-refractivity contribution in [2.24, 2.45) is 0 Å². The Labute approximate surface area is 817 Å². The Morgan fingerprint density at radius 3 is 0.417 bits per heavy atom. The zero-order valence-corrected chi connectivity index (χ0v) is 80.7. The van der Waals surface area contributed by atoms with E-state index in [0.29, 0.717) is 197 Å². The summed E-state index contributed by atoms with van der Waals surface area (Å²) in [7, 11) is -4.50. The van der Waals surface area contributed by atoms with Crippen molar-refractivity contribution < 1.29 is 132 Å².